The fourth-order valence-corrected chi connectivity index (χ4v) is 2.26. The monoisotopic (exact) mass is 252 g/mol. The lowest BCUT2D eigenvalue weighted by atomic mass is 9.94. The van der Waals surface area contributed by atoms with Gasteiger partial charge in [-0.15, -0.1) is 0 Å². The van der Waals surface area contributed by atoms with Crippen LogP contribution in [-0.2, 0) is 0 Å². The minimum absolute atomic E-state index is 0.0942. The Morgan fingerprint density at radius 2 is 1.68 bits per heavy atom. The van der Waals surface area contributed by atoms with E-state index in [0.717, 1.165) is 34.9 Å². The van der Waals surface area contributed by atoms with Crippen LogP contribution in [0.15, 0.2) is 36.4 Å². The van der Waals surface area contributed by atoms with Gasteiger partial charge < -0.3 is 5.32 Å². The molecule has 0 fully saturated rings. The molecule has 0 spiro atoms. The van der Waals surface area contributed by atoms with E-state index < -0.39 is 0 Å². The Balaban J connectivity index is 2.54. The predicted octanol–water partition coefficient (Wildman–Crippen LogP) is 4.70. The molecule has 19 heavy (non-hydrogen) atoms. The maximum Gasteiger partial charge on any atom is 0.0998 e. The first kappa shape index (κ1) is 13.4. The molecule has 2 aromatic carbocycles. The molecule has 2 heteroatoms. The Morgan fingerprint density at radius 1 is 1.05 bits per heavy atom. The molecule has 0 radical (unpaired) electrons. The molecule has 0 atom stereocenters. The van der Waals surface area contributed by atoms with Gasteiger partial charge in [-0.3, -0.25) is 0 Å². The lowest BCUT2D eigenvalue weighted by molar-refractivity contribution is 0.479. The van der Waals surface area contributed by atoms with Crippen molar-refractivity contribution in [2.24, 2.45) is 0 Å². The summed E-state index contributed by atoms with van der Waals surface area (Å²) in [5.41, 5.74) is 1.94. The minimum Gasteiger partial charge on any atom is -0.379 e. The molecule has 0 saturated heterocycles. The summed E-state index contributed by atoms with van der Waals surface area (Å²) in [6, 6.07) is 14.3. The molecule has 2 nitrogen and oxygen atoms in total. The van der Waals surface area contributed by atoms with E-state index in [1.165, 1.54) is 0 Å². The van der Waals surface area contributed by atoms with Gasteiger partial charge in [0.2, 0.25) is 0 Å². The first-order valence-corrected chi connectivity index (χ1v) is 6.83. The van der Waals surface area contributed by atoms with Crippen molar-refractivity contribution < 1.29 is 0 Å². The molecular formula is C17H20N2. The second-order valence-corrected chi connectivity index (χ2v) is 5.21. The molecular weight excluding hydrogens is 232 g/mol. The van der Waals surface area contributed by atoms with E-state index in [0.29, 0.717) is 0 Å². The van der Waals surface area contributed by atoms with Crippen molar-refractivity contribution in [2.75, 3.05) is 5.32 Å². The number of hydrogen-bond donors (Lipinski definition) is 1. The number of rotatable bonds is 4. The summed E-state index contributed by atoms with van der Waals surface area (Å²) in [7, 11) is 0. The molecule has 2 rings (SSSR count). The van der Waals surface area contributed by atoms with Crippen LogP contribution in [-0.4, -0.2) is 5.54 Å². The lowest BCUT2D eigenvalue weighted by Crippen LogP contribution is -2.33. The summed E-state index contributed by atoms with van der Waals surface area (Å²) in [6.07, 6.45) is 2.13. The van der Waals surface area contributed by atoms with E-state index in [1.54, 1.807) is 0 Å². The average Bonchev–Trinajstić information content (AvgIpc) is 2.47. The second kappa shape index (κ2) is 5.32. The summed E-state index contributed by atoms with van der Waals surface area (Å²) in [5.74, 6) is 0. The van der Waals surface area contributed by atoms with Crippen LogP contribution in [0.5, 0.6) is 0 Å². The highest BCUT2D eigenvalue weighted by Crippen LogP contribution is 2.30. The number of nitriles is 1. The highest BCUT2D eigenvalue weighted by atomic mass is 15.0. The molecule has 1 N–H and O–H groups in total. The Labute approximate surface area is 115 Å². The van der Waals surface area contributed by atoms with E-state index in [-0.39, 0.29) is 5.54 Å². The molecule has 0 heterocycles. The highest BCUT2D eigenvalue weighted by Gasteiger charge is 2.20. The van der Waals surface area contributed by atoms with Crippen molar-refractivity contribution in [2.45, 2.75) is 39.2 Å². The molecule has 0 aliphatic rings. The van der Waals surface area contributed by atoms with E-state index in [4.69, 9.17) is 0 Å². The highest BCUT2D eigenvalue weighted by molar-refractivity contribution is 5.97. The van der Waals surface area contributed by atoms with Crippen molar-refractivity contribution >= 4 is 16.5 Å². The average molecular weight is 252 g/mol. The lowest BCUT2D eigenvalue weighted by Gasteiger charge is -2.30. The number of nitrogens with zero attached hydrogens (tertiary/aromatic N) is 1. The summed E-state index contributed by atoms with van der Waals surface area (Å²) in [5, 5.41) is 15.0. The molecule has 0 aliphatic heterocycles. The second-order valence-electron chi connectivity index (χ2n) is 5.21. The standard InChI is InChI=1S/C17H20N2/c1-4-17(3,5-2)19-16-11-10-13(12-18)14-8-6-7-9-15(14)16/h6-11,19H,4-5H2,1-3H3. The van der Waals surface area contributed by atoms with Gasteiger partial charge >= 0.3 is 0 Å². The van der Waals surface area contributed by atoms with Crippen LogP contribution in [0.4, 0.5) is 5.69 Å². The van der Waals surface area contributed by atoms with Crippen LogP contribution in [0.1, 0.15) is 39.2 Å². The zero-order valence-electron chi connectivity index (χ0n) is 11.8. The van der Waals surface area contributed by atoms with Gasteiger partial charge in [-0.05, 0) is 31.9 Å². The summed E-state index contributed by atoms with van der Waals surface area (Å²) < 4.78 is 0. The van der Waals surface area contributed by atoms with Crippen molar-refractivity contribution in [3.8, 4) is 6.07 Å². The van der Waals surface area contributed by atoms with Crippen LogP contribution in [0.25, 0.3) is 10.8 Å². The smallest absolute Gasteiger partial charge is 0.0998 e. The third kappa shape index (κ3) is 2.56. The van der Waals surface area contributed by atoms with Gasteiger partial charge in [0.25, 0.3) is 0 Å². The van der Waals surface area contributed by atoms with Crippen LogP contribution in [0, 0.1) is 11.3 Å². The van der Waals surface area contributed by atoms with Gasteiger partial charge in [0, 0.05) is 22.0 Å². The summed E-state index contributed by atoms with van der Waals surface area (Å²) in [4.78, 5) is 0. The van der Waals surface area contributed by atoms with E-state index in [9.17, 15) is 5.26 Å². The largest absolute Gasteiger partial charge is 0.379 e. The van der Waals surface area contributed by atoms with Crippen LogP contribution < -0.4 is 5.32 Å². The summed E-state index contributed by atoms with van der Waals surface area (Å²) in [6.45, 7) is 6.63. The van der Waals surface area contributed by atoms with E-state index >= 15 is 0 Å². The Morgan fingerprint density at radius 3 is 2.26 bits per heavy atom. The third-order valence-corrected chi connectivity index (χ3v) is 4.04. The number of nitrogens with one attached hydrogen (secondary N) is 1. The van der Waals surface area contributed by atoms with Gasteiger partial charge in [0.1, 0.15) is 0 Å². The number of benzene rings is 2. The molecule has 0 amide bonds. The molecule has 0 aromatic heterocycles. The van der Waals surface area contributed by atoms with Crippen LogP contribution in [0.2, 0.25) is 0 Å². The van der Waals surface area contributed by atoms with Crippen molar-refractivity contribution in [3.63, 3.8) is 0 Å². The SMILES string of the molecule is CCC(C)(CC)Nc1ccc(C#N)c2ccccc12. The molecule has 0 aliphatic carbocycles. The van der Waals surface area contributed by atoms with Crippen molar-refractivity contribution in [1.82, 2.24) is 0 Å². The van der Waals surface area contributed by atoms with E-state index in [2.05, 4.69) is 38.2 Å². The Kier molecular flexibility index (Phi) is 3.76. The first-order chi connectivity index (χ1) is 9.13. The van der Waals surface area contributed by atoms with Gasteiger partial charge in [0.15, 0.2) is 0 Å². The van der Waals surface area contributed by atoms with Gasteiger partial charge in [0.05, 0.1) is 11.6 Å². The fourth-order valence-electron chi connectivity index (χ4n) is 2.26. The van der Waals surface area contributed by atoms with Gasteiger partial charge in [-0.25, -0.2) is 0 Å². The molecule has 0 unspecified atom stereocenters. The van der Waals surface area contributed by atoms with Crippen molar-refractivity contribution in [3.05, 3.63) is 42.0 Å². The van der Waals surface area contributed by atoms with Crippen LogP contribution >= 0.6 is 0 Å². The van der Waals surface area contributed by atoms with Crippen molar-refractivity contribution in [1.29, 1.82) is 5.26 Å². The number of hydrogen-bond acceptors (Lipinski definition) is 2. The van der Waals surface area contributed by atoms with Gasteiger partial charge in [-0.1, -0.05) is 38.1 Å². The maximum absolute atomic E-state index is 9.18. The molecule has 98 valence electrons. The Bertz CT molecular complexity index is 619. The summed E-state index contributed by atoms with van der Waals surface area (Å²) >= 11 is 0. The third-order valence-electron chi connectivity index (χ3n) is 4.04. The van der Waals surface area contributed by atoms with E-state index in [1.807, 2.05) is 30.3 Å². The fraction of sp³-hybridized carbons (Fsp3) is 0.353. The molecule has 2 aromatic rings. The topological polar surface area (TPSA) is 35.8 Å². The molecule has 0 saturated carbocycles. The predicted molar refractivity (Wildman–Crippen MR) is 81.3 cm³/mol. The van der Waals surface area contributed by atoms with Crippen LogP contribution in [0.3, 0.4) is 0 Å². The normalized spacial score (nSPS) is 11.3. The maximum atomic E-state index is 9.18. The first-order valence-electron chi connectivity index (χ1n) is 6.83. The van der Waals surface area contributed by atoms with Gasteiger partial charge in [-0.2, -0.15) is 5.26 Å². The molecule has 0 bridgehead atoms. The Hall–Kier alpha value is -2.01. The quantitative estimate of drug-likeness (QED) is 0.856. The number of anilines is 1. The number of fused-ring (bicyclic) bond motifs is 1. The zero-order chi connectivity index (χ0) is 13.9. The zero-order valence-corrected chi connectivity index (χ0v) is 11.8. The minimum atomic E-state index is 0.0942.